The molecule has 1 aliphatic rings. The van der Waals surface area contributed by atoms with Crippen LogP contribution in [-0.2, 0) is 6.42 Å². The zero-order valence-electron chi connectivity index (χ0n) is 6.89. The van der Waals surface area contributed by atoms with Crippen molar-refractivity contribution in [2.45, 2.75) is 20.3 Å². The topological polar surface area (TPSA) is 12.4 Å². The fraction of sp³-hybridized carbons (Fsp3) is 0.300. The van der Waals surface area contributed by atoms with E-state index in [0.29, 0.717) is 0 Å². The van der Waals surface area contributed by atoms with Gasteiger partial charge in [-0.3, -0.25) is 4.99 Å². The minimum atomic E-state index is 1.02. The number of aliphatic imine (C=N–C) groups is 1. The summed E-state index contributed by atoms with van der Waals surface area (Å²) < 4.78 is 0. The SMILES string of the molecule is Cc1ccc2c(c1C)CC=N2. The van der Waals surface area contributed by atoms with E-state index in [0.717, 1.165) is 12.1 Å². The van der Waals surface area contributed by atoms with Crippen molar-refractivity contribution in [1.29, 1.82) is 0 Å². The lowest BCUT2D eigenvalue weighted by atomic mass is 10.0. The maximum atomic E-state index is 4.28. The Labute approximate surface area is 66.8 Å². The Morgan fingerprint density at radius 1 is 1.27 bits per heavy atom. The molecule has 1 aromatic carbocycles. The van der Waals surface area contributed by atoms with E-state index < -0.39 is 0 Å². The van der Waals surface area contributed by atoms with Gasteiger partial charge < -0.3 is 0 Å². The highest BCUT2D eigenvalue weighted by Crippen LogP contribution is 2.28. The average Bonchev–Trinajstić information content (AvgIpc) is 2.45. The summed E-state index contributed by atoms with van der Waals surface area (Å²) in [6.45, 7) is 4.32. The fourth-order valence-corrected chi connectivity index (χ4v) is 1.47. The van der Waals surface area contributed by atoms with Crippen LogP contribution in [0.25, 0.3) is 0 Å². The summed E-state index contributed by atoms with van der Waals surface area (Å²) in [6.07, 6.45) is 3.00. The molecule has 1 heteroatoms. The summed E-state index contributed by atoms with van der Waals surface area (Å²) in [4.78, 5) is 4.28. The molecular formula is C10H11N. The van der Waals surface area contributed by atoms with Crippen molar-refractivity contribution in [3.63, 3.8) is 0 Å². The zero-order valence-corrected chi connectivity index (χ0v) is 6.89. The molecule has 0 spiro atoms. The Kier molecular flexibility index (Phi) is 1.31. The van der Waals surface area contributed by atoms with Crippen LogP contribution in [0.1, 0.15) is 16.7 Å². The lowest BCUT2D eigenvalue weighted by molar-refractivity contribution is 1.25. The molecule has 0 saturated carbocycles. The number of hydrogen-bond donors (Lipinski definition) is 0. The molecule has 1 heterocycles. The Bertz CT molecular complexity index is 324. The van der Waals surface area contributed by atoms with Crippen LogP contribution in [0.4, 0.5) is 5.69 Å². The first-order chi connectivity index (χ1) is 5.29. The highest BCUT2D eigenvalue weighted by atomic mass is 14.7. The predicted molar refractivity (Wildman–Crippen MR) is 47.8 cm³/mol. The predicted octanol–water partition coefficient (Wildman–Crippen LogP) is 2.56. The van der Waals surface area contributed by atoms with E-state index in [9.17, 15) is 0 Å². The quantitative estimate of drug-likeness (QED) is 0.532. The van der Waals surface area contributed by atoms with Crippen molar-refractivity contribution < 1.29 is 0 Å². The van der Waals surface area contributed by atoms with Crippen molar-refractivity contribution in [2.24, 2.45) is 4.99 Å². The van der Waals surface area contributed by atoms with Crippen molar-refractivity contribution in [3.05, 3.63) is 28.8 Å². The lowest BCUT2D eigenvalue weighted by Crippen LogP contribution is -1.88. The Morgan fingerprint density at radius 3 is 2.91 bits per heavy atom. The minimum Gasteiger partial charge on any atom is -0.261 e. The molecule has 1 nitrogen and oxygen atoms in total. The minimum absolute atomic E-state index is 1.02. The third kappa shape index (κ3) is 0.881. The second-order valence-corrected chi connectivity index (χ2v) is 3.02. The molecule has 0 atom stereocenters. The van der Waals surface area contributed by atoms with E-state index in [1.165, 1.54) is 16.7 Å². The van der Waals surface area contributed by atoms with Gasteiger partial charge in [-0.25, -0.2) is 0 Å². The summed E-state index contributed by atoms with van der Waals surface area (Å²) >= 11 is 0. The van der Waals surface area contributed by atoms with Crippen molar-refractivity contribution in [1.82, 2.24) is 0 Å². The Morgan fingerprint density at radius 2 is 2.09 bits per heavy atom. The number of hydrogen-bond acceptors (Lipinski definition) is 1. The van der Waals surface area contributed by atoms with Gasteiger partial charge in [-0.15, -0.1) is 0 Å². The summed E-state index contributed by atoms with van der Waals surface area (Å²) in [5, 5.41) is 0. The zero-order chi connectivity index (χ0) is 7.84. The third-order valence-corrected chi connectivity index (χ3v) is 2.37. The molecule has 0 fully saturated rings. The van der Waals surface area contributed by atoms with Gasteiger partial charge in [0.2, 0.25) is 0 Å². The molecule has 0 aromatic heterocycles. The highest BCUT2D eigenvalue weighted by molar-refractivity contribution is 5.77. The van der Waals surface area contributed by atoms with Crippen molar-refractivity contribution in [2.75, 3.05) is 0 Å². The average molecular weight is 145 g/mol. The molecule has 0 N–H and O–H groups in total. The smallest absolute Gasteiger partial charge is 0.0664 e. The Hall–Kier alpha value is -1.11. The van der Waals surface area contributed by atoms with Gasteiger partial charge in [-0.2, -0.15) is 0 Å². The molecule has 0 amide bonds. The molecule has 0 radical (unpaired) electrons. The summed E-state index contributed by atoms with van der Waals surface area (Å²) in [5.41, 5.74) is 5.34. The van der Waals surface area contributed by atoms with Crippen LogP contribution in [-0.4, -0.2) is 6.21 Å². The second-order valence-electron chi connectivity index (χ2n) is 3.02. The summed E-state index contributed by atoms with van der Waals surface area (Å²) in [6, 6.07) is 4.23. The van der Waals surface area contributed by atoms with Crippen LogP contribution < -0.4 is 0 Å². The first-order valence-corrected chi connectivity index (χ1v) is 3.90. The standard InChI is InChI=1S/C10H11N/c1-7-3-4-10-9(8(7)2)5-6-11-10/h3-4,6H,5H2,1-2H3. The van der Waals surface area contributed by atoms with Gasteiger partial charge in [0.1, 0.15) is 0 Å². The summed E-state index contributed by atoms with van der Waals surface area (Å²) in [5.74, 6) is 0. The molecule has 56 valence electrons. The number of rotatable bonds is 0. The van der Waals surface area contributed by atoms with Gasteiger partial charge in [0, 0.05) is 12.6 Å². The molecular weight excluding hydrogens is 134 g/mol. The molecule has 11 heavy (non-hydrogen) atoms. The van der Waals surface area contributed by atoms with Gasteiger partial charge in [-0.05, 0) is 36.6 Å². The first-order valence-electron chi connectivity index (χ1n) is 3.90. The number of aryl methyl sites for hydroxylation is 1. The number of benzene rings is 1. The van der Waals surface area contributed by atoms with Gasteiger partial charge in [0.15, 0.2) is 0 Å². The van der Waals surface area contributed by atoms with Gasteiger partial charge in [0.05, 0.1) is 5.69 Å². The lowest BCUT2D eigenvalue weighted by Gasteiger charge is -2.04. The molecule has 0 aliphatic carbocycles. The van der Waals surface area contributed by atoms with Crippen LogP contribution in [0.3, 0.4) is 0 Å². The third-order valence-electron chi connectivity index (χ3n) is 2.37. The van der Waals surface area contributed by atoms with Crippen LogP contribution >= 0.6 is 0 Å². The number of nitrogens with zero attached hydrogens (tertiary/aromatic N) is 1. The highest BCUT2D eigenvalue weighted by Gasteiger charge is 2.09. The molecule has 1 aromatic rings. The maximum absolute atomic E-state index is 4.28. The summed E-state index contributed by atoms with van der Waals surface area (Å²) in [7, 11) is 0. The number of fused-ring (bicyclic) bond motifs is 1. The van der Waals surface area contributed by atoms with Crippen LogP contribution in [0, 0.1) is 13.8 Å². The maximum Gasteiger partial charge on any atom is 0.0664 e. The first kappa shape index (κ1) is 6.59. The van der Waals surface area contributed by atoms with Crippen LogP contribution in [0.5, 0.6) is 0 Å². The van der Waals surface area contributed by atoms with E-state index in [4.69, 9.17) is 0 Å². The van der Waals surface area contributed by atoms with E-state index in [1.807, 2.05) is 6.21 Å². The van der Waals surface area contributed by atoms with Crippen LogP contribution in [0.15, 0.2) is 17.1 Å². The van der Waals surface area contributed by atoms with Gasteiger partial charge in [-0.1, -0.05) is 6.07 Å². The van der Waals surface area contributed by atoms with E-state index in [-0.39, 0.29) is 0 Å². The molecule has 0 saturated heterocycles. The van der Waals surface area contributed by atoms with Crippen LogP contribution in [0.2, 0.25) is 0 Å². The molecule has 2 rings (SSSR count). The molecule has 0 unspecified atom stereocenters. The van der Waals surface area contributed by atoms with Gasteiger partial charge in [0.25, 0.3) is 0 Å². The molecule has 1 aliphatic heterocycles. The van der Waals surface area contributed by atoms with Gasteiger partial charge >= 0.3 is 0 Å². The van der Waals surface area contributed by atoms with E-state index >= 15 is 0 Å². The monoisotopic (exact) mass is 145 g/mol. The Balaban J connectivity index is 2.67. The molecule has 0 bridgehead atoms. The van der Waals surface area contributed by atoms with Crippen molar-refractivity contribution >= 4 is 11.9 Å². The second kappa shape index (κ2) is 2.19. The largest absolute Gasteiger partial charge is 0.261 e. The normalized spacial score (nSPS) is 13.6. The van der Waals surface area contributed by atoms with Crippen molar-refractivity contribution in [3.8, 4) is 0 Å². The van der Waals surface area contributed by atoms with E-state index in [1.54, 1.807) is 0 Å². The fourth-order valence-electron chi connectivity index (χ4n) is 1.47. The van der Waals surface area contributed by atoms with E-state index in [2.05, 4.69) is 31.0 Å².